The standard InChI is InChI=1S/C13H15ClF3NO2S/c1-8(14)9-2-4-18(5-3-9)21(19,20)13-11(16)6-10(15)7-12(13)17/h6-9H,2-5H2,1H3. The van der Waals surface area contributed by atoms with E-state index in [-0.39, 0.29) is 24.4 Å². The van der Waals surface area contributed by atoms with Gasteiger partial charge in [-0.15, -0.1) is 11.6 Å². The summed E-state index contributed by atoms with van der Waals surface area (Å²) >= 11 is 5.97. The highest BCUT2D eigenvalue weighted by atomic mass is 35.5. The van der Waals surface area contributed by atoms with E-state index in [2.05, 4.69) is 0 Å². The highest BCUT2D eigenvalue weighted by Gasteiger charge is 2.34. The van der Waals surface area contributed by atoms with Gasteiger partial charge < -0.3 is 0 Å². The maximum Gasteiger partial charge on any atom is 0.248 e. The molecule has 1 atom stereocenters. The Bertz CT molecular complexity index is 605. The van der Waals surface area contributed by atoms with Crippen LogP contribution in [0.3, 0.4) is 0 Å². The molecular weight excluding hydrogens is 327 g/mol. The van der Waals surface area contributed by atoms with Gasteiger partial charge in [-0.05, 0) is 25.7 Å². The van der Waals surface area contributed by atoms with Crippen molar-refractivity contribution in [3.8, 4) is 0 Å². The van der Waals surface area contributed by atoms with Crippen molar-refractivity contribution in [3.05, 3.63) is 29.6 Å². The number of hydrogen-bond donors (Lipinski definition) is 0. The summed E-state index contributed by atoms with van der Waals surface area (Å²) in [5.74, 6) is -3.82. The van der Waals surface area contributed by atoms with Crippen LogP contribution in [0.5, 0.6) is 0 Å². The van der Waals surface area contributed by atoms with E-state index in [4.69, 9.17) is 11.6 Å². The molecule has 0 amide bonds. The average molecular weight is 342 g/mol. The molecule has 0 bridgehead atoms. The van der Waals surface area contributed by atoms with E-state index in [1.165, 1.54) is 0 Å². The monoisotopic (exact) mass is 341 g/mol. The van der Waals surface area contributed by atoms with Gasteiger partial charge >= 0.3 is 0 Å². The molecule has 8 heteroatoms. The first kappa shape index (κ1) is 16.6. The van der Waals surface area contributed by atoms with Crippen LogP contribution < -0.4 is 0 Å². The Hall–Kier alpha value is -0.790. The second-order valence-corrected chi connectivity index (χ2v) is 7.68. The fourth-order valence-electron chi connectivity index (χ4n) is 2.48. The van der Waals surface area contributed by atoms with Crippen molar-refractivity contribution in [2.24, 2.45) is 5.92 Å². The summed E-state index contributed by atoms with van der Waals surface area (Å²) in [6.07, 6.45) is 1.04. The molecule has 0 saturated carbocycles. The fraction of sp³-hybridized carbons (Fsp3) is 0.538. The van der Waals surface area contributed by atoms with Gasteiger partial charge in [0, 0.05) is 30.6 Å². The third-order valence-corrected chi connectivity index (χ3v) is 6.02. The minimum atomic E-state index is -4.32. The maximum atomic E-state index is 13.7. The minimum Gasteiger partial charge on any atom is -0.207 e. The van der Waals surface area contributed by atoms with Gasteiger partial charge in [-0.25, -0.2) is 21.6 Å². The summed E-state index contributed by atoms with van der Waals surface area (Å²) in [4.78, 5) is -1.10. The summed E-state index contributed by atoms with van der Waals surface area (Å²) in [5, 5.41) is -0.0888. The lowest BCUT2D eigenvalue weighted by Crippen LogP contribution is -2.40. The van der Waals surface area contributed by atoms with Crippen LogP contribution in [-0.4, -0.2) is 31.2 Å². The van der Waals surface area contributed by atoms with Crippen LogP contribution in [0.25, 0.3) is 0 Å². The number of hydrogen-bond acceptors (Lipinski definition) is 2. The smallest absolute Gasteiger partial charge is 0.207 e. The lowest BCUT2D eigenvalue weighted by Gasteiger charge is -2.32. The van der Waals surface area contributed by atoms with Crippen LogP contribution in [-0.2, 0) is 10.0 Å². The molecule has 21 heavy (non-hydrogen) atoms. The van der Waals surface area contributed by atoms with Gasteiger partial charge in [0.1, 0.15) is 17.5 Å². The molecule has 1 aromatic carbocycles. The number of halogens is 4. The molecule has 0 aliphatic carbocycles. The van der Waals surface area contributed by atoms with Crippen LogP contribution >= 0.6 is 11.6 Å². The van der Waals surface area contributed by atoms with Crippen LogP contribution in [0.1, 0.15) is 19.8 Å². The lowest BCUT2D eigenvalue weighted by atomic mass is 9.95. The van der Waals surface area contributed by atoms with Gasteiger partial charge in [0.25, 0.3) is 0 Å². The second kappa shape index (κ2) is 6.14. The topological polar surface area (TPSA) is 37.4 Å². The van der Waals surface area contributed by atoms with Crippen molar-refractivity contribution >= 4 is 21.6 Å². The summed E-state index contributed by atoms with van der Waals surface area (Å²) in [6.45, 7) is 2.11. The zero-order chi connectivity index (χ0) is 15.8. The van der Waals surface area contributed by atoms with Gasteiger partial charge in [0.05, 0.1) is 0 Å². The molecule has 0 spiro atoms. The summed E-state index contributed by atoms with van der Waals surface area (Å²) in [7, 11) is -4.32. The molecule has 0 aromatic heterocycles. The number of nitrogens with zero attached hydrogens (tertiary/aromatic N) is 1. The average Bonchev–Trinajstić information content (AvgIpc) is 2.37. The van der Waals surface area contributed by atoms with Crippen molar-refractivity contribution in [3.63, 3.8) is 0 Å². The Balaban J connectivity index is 2.28. The molecule has 1 fully saturated rings. The Kier molecular flexibility index (Phi) is 4.85. The fourth-order valence-corrected chi connectivity index (χ4v) is 4.29. The van der Waals surface area contributed by atoms with Crippen LogP contribution in [0.4, 0.5) is 13.2 Å². The van der Waals surface area contributed by atoms with E-state index < -0.39 is 32.4 Å². The van der Waals surface area contributed by atoms with Crippen molar-refractivity contribution in [2.45, 2.75) is 30.0 Å². The number of benzene rings is 1. The summed E-state index contributed by atoms with van der Waals surface area (Å²) in [5.41, 5.74) is 0. The predicted octanol–water partition coefficient (Wildman–Crippen LogP) is 3.13. The van der Waals surface area contributed by atoms with Crippen molar-refractivity contribution in [2.75, 3.05) is 13.1 Å². The quantitative estimate of drug-likeness (QED) is 0.792. The zero-order valence-electron chi connectivity index (χ0n) is 11.3. The summed E-state index contributed by atoms with van der Waals surface area (Å²) in [6, 6.07) is 0.729. The van der Waals surface area contributed by atoms with E-state index in [0.29, 0.717) is 25.0 Å². The van der Waals surface area contributed by atoms with Crippen molar-refractivity contribution < 1.29 is 21.6 Å². The lowest BCUT2D eigenvalue weighted by molar-refractivity contribution is 0.270. The number of rotatable bonds is 3. The van der Waals surface area contributed by atoms with Gasteiger partial charge in [-0.1, -0.05) is 0 Å². The van der Waals surface area contributed by atoms with E-state index in [0.717, 1.165) is 4.31 Å². The molecule has 1 heterocycles. The van der Waals surface area contributed by atoms with Gasteiger partial charge in [-0.2, -0.15) is 4.31 Å². The van der Waals surface area contributed by atoms with E-state index >= 15 is 0 Å². The Morgan fingerprint density at radius 3 is 2.10 bits per heavy atom. The molecule has 1 aromatic rings. The van der Waals surface area contributed by atoms with Gasteiger partial charge in [-0.3, -0.25) is 0 Å². The Morgan fingerprint density at radius 2 is 1.67 bits per heavy atom. The van der Waals surface area contributed by atoms with Gasteiger partial charge in [0.2, 0.25) is 10.0 Å². The maximum absolute atomic E-state index is 13.7. The third kappa shape index (κ3) is 3.35. The third-order valence-electron chi connectivity index (χ3n) is 3.71. The van der Waals surface area contributed by atoms with Crippen LogP contribution in [0.15, 0.2) is 17.0 Å². The Morgan fingerprint density at radius 1 is 1.19 bits per heavy atom. The molecule has 0 N–H and O–H groups in total. The molecule has 1 unspecified atom stereocenters. The largest absolute Gasteiger partial charge is 0.248 e. The van der Waals surface area contributed by atoms with E-state index in [9.17, 15) is 21.6 Å². The normalized spacial score (nSPS) is 19.7. The summed E-state index contributed by atoms with van der Waals surface area (Å²) < 4.78 is 65.8. The second-order valence-electron chi connectivity index (χ2n) is 5.12. The molecule has 2 rings (SSSR count). The highest BCUT2D eigenvalue weighted by molar-refractivity contribution is 7.89. The zero-order valence-corrected chi connectivity index (χ0v) is 12.9. The molecular formula is C13H15ClF3NO2S. The van der Waals surface area contributed by atoms with E-state index in [1.807, 2.05) is 6.92 Å². The Labute approximate surface area is 126 Å². The first-order chi connectivity index (χ1) is 9.73. The van der Waals surface area contributed by atoms with Crippen LogP contribution in [0, 0.1) is 23.4 Å². The predicted molar refractivity (Wildman–Crippen MR) is 73.1 cm³/mol. The first-order valence-corrected chi connectivity index (χ1v) is 8.40. The minimum absolute atomic E-state index is 0.0888. The molecule has 1 aliphatic rings. The number of alkyl halides is 1. The molecule has 1 aliphatic heterocycles. The molecule has 0 radical (unpaired) electrons. The molecule has 118 valence electrons. The first-order valence-electron chi connectivity index (χ1n) is 6.52. The van der Waals surface area contributed by atoms with Crippen LogP contribution in [0.2, 0.25) is 0 Å². The van der Waals surface area contributed by atoms with Crippen molar-refractivity contribution in [1.82, 2.24) is 4.31 Å². The molecule has 3 nitrogen and oxygen atoms in total. The van der Waals surface area contributed by atoms with Crippen molar-refractivity contribution in [1.29, 1.82) is 0 Å². The SMILES string of the molecule is CC(Cl)C1CCN(S(=O)(=O)c2c(F)cc(F)cc2F)CC1. The highest BCUT2D eigenvalue weighted by Crippen LogP contribution is 2.29. The van der Waals surface area contributed by atoms with Gasteiger partial charge in [0.15, 0.2) is 4.90 Å². The number of piperidine rings is 1. The van der Waals surface area contributed by atoms with E-state index in [1.54, 1.807) is 0 Å². The molecule has 1 saturated heterocycles. The number of sulfonamides is 1.